The molecule has 18 heavy (non-hydrogen) atoms. The van der Waals surface area contributed by atoms with Crippen molar-refractivity contribution in [2.75, 3.05) is 0 Å². The summed E-state index contributed by atoms with van der Waals surface area (Å²) in [4.78, 5) is 0. The molecule has 108 valence electrons. The van der Waals surface area contributed by atoms with Gasteiger partial charge in [-0.2, -0.15) is 0 Å². The summed E-state index contributed by atoms with van der Waals surface area (Å²) in [6, 6.07) is 11.0. The van der Waals surface area contributed by atoms with Crippen molar-refractivity contribution in [3.8, 4) is 0 Å². The van der Waals surface area contributed by atoms with Gasteiger partial charge in [0.05, 0.1) is 15.6 Å². The Kier molecular flexibility index (Phi) is 8.65. The SMILES string of the molecule is CC(C)(C)[PH+](c1ccccc1)C(C)(C)C.[Cl][Pd][Cl]. The Morgan fingerprint density at radius 1 is 0.833 bits per heavy atom. The summed E-state index contributed by atoms with van der Waals surface area (Å²) in [5.74, 6) is 0. The third kappa shape index (κ3) is 6.89. The van der Waals surface area contributed by atoms with Crippen LogP contribution < -0.4 is 5.30 Å². The second kappa shape index (κ2) is 8.24. The average Bonchev–Trinajstić information content (AvgIpc) is 2.15. The van der Waals surface area contributed by atoms with E-state index in [2.05, 4.69) is 71.9 Å². The molecule has 1 rings (SSSR count). The Morgan fingerprint density at radius 3 is 1.44 bits per heavy atom. The van der Waals surface area contributed by atoms with Crippen molar-refractivity contribution in [1.82, 2.24) is 0 Å². The van der Waals surface area contributed by atoms with E-state index in [1.165, 1.54) is 0 Å². The van der Waals surface area contributed by atoms with Crippen molar-refractivity contribution in [3.05, 3.63) is 30.3 Å². The minimum absolute atomic E-state index is 0.106. The van der Waals surface area contributed by atoms with Crippen molar-refractivity contribution >= 4 is 32.3 Å². The zero-order chi connectivity index (χ0) is 14.4. The molecule has 0 aliphatic carbocycles. The van der Waals surface area contributed by atoms with Crippen molar-refractivity contribution in [3.63, 3.8) is 0 Å². The third-order valence-corrected chi connectivity index (χ3v) is 6.47. The summed E-state index contributed by atoms with van der Waals surface area (Å²) >= 11 is -0.106. The van der Waals surface area contributed by atoms with E-state index in [4.69, 9.17) is 19.1 Å². The molecule has 0 atom stereocenters. The Hall–Kier alpha value is 0.892. The third-order valence-electron chi connectivity index (χ3n) is 2.56. The number of hydrogen-bond donors (Lipinski definition) is 0. The van der Waals surface area contributed by atoms with Gasteiger partial charge < -0.3 is 0 Å². The summed E-state index contributed by atoms with van der Waals surface area (Å²) < 4.78 is 0. The van der Waals surface area contributed by atoms with Gasteiger partial charge in [-0.15, -0.1) is 0 Å². The molecule has 0 radical (unpaired) electrons. The minimum atomic E-state index is -0.553. The van der Waals surface area contributed by atoms with Crippen LogP contribution in [0.4, 0.5) is 0 Å². The van der Waals surface area contributed by atoms with Gasteiger partial charge in [0.1, 0.15) is 0 Å². The average molecular weight is 401 g/mol. The molecule has 0 saturated heterocycles. The summed E-state index contributed by atoms with van der Waals surface area (Å²) in [5.41, 5.74) is 0. The van der Waals surface area contributed by atoms with E-state index in [1.807, 2.05) is 0 Å². The van der Waals surface area contributed by atoms with E-state index < -0.39 is 7.92 Å². The zero-order valence-corrected chi connectivity index (χ0v) is 16.0. The second-order valence-corrected chi connectivity index (χ2v) is 13.0. The van der Waals surface area contributed by atoms with E-state index in [-0.39, 0.29) is 15.9 Å². The van der Waals surface area contributed by atoms with Crippen LogP contribution >= 0.6 is 27.0 Å². The fourth-order valence-electron chi connectivity index (χ4n) is 2.60. The van der Waals surface area contributed by atoms with Crippen molar-refractivity contribution in [1.29, 1.82) is 0 Å². The van der Waals surface area contributed by atoms with Gasteiger partial charge in [0.25, 0.3) is 0 Å². The standard InChI is InChI=1S/C14H23P.2ClH.Pd/c1-13(2,3)15(14(4,5)6)12-10-8-7-9-11-12;;;/h7-11H,1-6H3;2*1H;/q;;;+2/p-1. The first kappa shape index (κ1) is 18.9. The zero-order valence-electron chi connectivity index (χ0n) is 12.0. The molecule has 0 saturated carbocycles. The maximum atomic E-state index is 4.81. The monoisotopic (exact) mass is 399 g/mol. The van der Waals surface area contributed by atoms with Crippen molar-refractivity contribution in [2.45, 2.75) is 51.9 Å². The molecule has 0 bridgehead atoms. The van der Waals surface area contributed by atoms with Crippen LogP contribution in [0.1, 0.15) is 41.5 Å². The first-order valence-corrected chi connectivity index (χ1v) is 11.4. The Morgan fingerprint density at radius 2 is 1.17 bits per heavy atom. The van der Waals surface area contributed by atoms with E-state index in [0.717, 1.165) is 0 Å². The van der Waals surface area contributed by atoms with Crippen molar-refractivity contribution < 1.29 is 15.9 Å². The molecule has 1 aromatic rings. The molecule has 4 heteroatoms. The van der Waals surface area contributed by atoms with E-state index in [0.29, 0.717) is 10.3 Å². The maximum absolute atomic E-state index is 4.81. The van der Waals surface area contributed by atoms with Crippen LogP contribution in [0.25, 0.3) is 0 Å². The van der Waals surface area contributed by atoms with Crippen molar-refractivity contribution in [2.24, 2.45) is 0 Å². The van der Waals surface area contributed by atoms with E-state index in [9.17, 15) is 0 Å². The van der Waals surface area contributed by atoms with Gasteiger partial charge in [-0.3, -0.25) is 0 Å². The normalized spacial score (nSPS) is 12.3. The van der Waals surface area contributed by atoms with E-state index in [1.54, 1.807) is 5.30 Å². The number of benzene rings is 1. The molecule has 0 fully saturated rings. The first-order valence-electron chi connectivity index (χ1n) is 5.90. The van der Waals surface area contributed by atoms with Crippen LogP contribution in [-0.2, 0) is 15.9 Å². The molecule has 0 aliphatic rings. The molecule has 0 nitrogen and oxygen atoms in total. The Balaban J connectivity index is 0.000000873. The molecule has 0 unspecified atom stereocenters. The predicted molar refractivity (Wildman–Crippen MR) is 85.6 cm³/mol. The van der Waals surface area contributed by atoms with Gasteiger partial charge in [-0.25, -0.2) is 0 Å². The van der Waals surface area contributed by atoms with Crippen LogP contribution in [0, 0.1) is 0 Å². The fourth-order valence-corrected chi connectivity index (χ4v) is 7.10. The molecular weight excluding hydrogens is 376 g/mol. The summed E-state index contributed by atoms with van der Waals surface area (Å²) in [6.07, 6.45) is 0. The predicted octanol–water partition coefficient (Wildman–Crippen LogP) is 5.50. The summed E-state index contributed by atoms with van der Waals surface area (Å²) in [5, 5.41) is 2.37. The molecule has 1 aromatic carbocycles. The Bertz CT molecular complexity index is 314. The van der Waals surface area contributed by atoms with Gasteiger partial charge in [0.2, 0.25) is 0 Å². The quantitative estimate of drug-likeness (QED) is 0.431. The van der Waals surface area contributed by atoms with Gasteiger partial charge >= 0.3 is 35.0 Å². The molecule has 0 N–H and O–H groups in total. The number of halogens is 2. The summed E-state index contributed by atoms with van der Waals surface area (Å²) in [7, 11) is 9.07. The summed E-state index contributed by atoms with van der Waals surface area (Å²) in [6.45, 7) is 14.2. The number of rotatable bonds is 1. The second-order valence-electron chi connectivity index (χ2n) is 6.29. The first-order chi connectivity index (χ1) is 8.14. The van der Waals surface area contributed by atoms with Gasteiger partial charge in [-0.05, 0) is 53.7 Å². The van der Waals surface area contributed by atoms with Crippen LogP contribution in [0.2, 0.25) is 0 Å². The molecule has 0 aromatic heterocycles. The van der Waals surface area contributed by atoms with Gasteiger partial charge in [0, 0.05) is 7.92 Å². The van der Waals surface area contributed by atoms with E-state index >= 15 is 0 Å². The van der Waals surface area contributed by atoms with Gasteiger partial charge in [-0.1, -0.05) is 18.2 Å². The van der Waals surface area contributed by atoms with Crippen LogP contribution in [0.5, 0.6) is 0 Å². The van der Waals surface area contributed by atoms with Crippen LogP contribution in [-0.4, -0.2) is 10.3 Å². The van der Waals surface area contributed by atoms with Gasteiger partial charge in [0.15, 0.2) is 0 Å². The molecule has 0 spiro atoms. The van der Waals surface area contributed by atoms with Crippen LogP contribution in [0.15, 0.2) is 30.3 Å². The van der Waals surface area contributed by atoms with Crippen LogP contribution in [0.3, 0.4) is 0 Å². The molecule has 0 heterocycles. The molecule has 0 amide bonds. The number of hydrogen-bond acceptors (Lipinski definition) is 0. The topological polar surface area (TPSA) is 0 Å². The molecular formula is C14H24Cl2PPd+. The Labute approximate surface area is 130 Å². The fraction of sp³-hybridized carbons (Fsp3) is 0.571. The molecule has 0 aliphatic heterocycles.